The molecule has 0 aromatic heterocycles. The molecular formula is C27H33ClN2O. The van der Waals surface area contributed by atoms with E-state index in [9.17, 15) is 4.79 Å². The Balaban J connectivity index is 1.66. The molecule has 0 radical (unpaired) electrons. The molecule has 1 heterocycles. The second-order valence-electron chi connectivity index (χ2n) is 8.30. The Kier molecular flexibility index (Phi) is 8.97. The lowest BCUT2D eigenvalue weighted by atomic mass is 9.87. The molecule has 2 aromatic carbocycles. The van der Waals surface area contributed by atoms with Crippen LogP contribution in [0.25, 0.3) is 0 Å². The van der Waals surface area contributed by atoms with Crippen LogP contribution in [0.4, 0.5) is 5.69 Å². The van der Waals surface area contributed by atoms with Gasteiger partial charge in [0.05, 0.1) is 0 Å². The van der Waals surface area contributed by atoms with E-state index < -0.39 is 0 Å². The average molecular weight is 437 g/mol. The van der Waals surface area contributed by atoms with Crippen molar-refractivity contribution in [2.75, 3.05) is 31.1 Å². The smallest absolute Gasteiger partial charge is 0.150 e. The molecule has 3 nitrogen and oxygen atoms in total. The highest BCUT2D eigenvalue weighted by Crippen LogP contribution is 2.30. The van der Waals surface area contributed by atoms with E-state index in [1.807, 2.05) is 36.4 Å². The lowest BCUT2D eigenvalue weighted by Crippen LogP contribution is -2.50. The third kappa shape index (κ3) is 6.58. The van der Waals surface area contributed by atoms with Gasteiger partial charge in [-0.25, -0.2) is 0 Å². The lowest BCUT2D eigenvalue weighted by molar-refractivity contribution is 0.112. The van der Waals surface area contributed by atoms with E-state index in [1.165, 1.54) is 30.5 Å². The fourth-order valence-corrected chi connectivity index (χ4v) is 4.56. The molecule has 1 saturated heterocycles. The van der Waals surface area contributed by atoms with E-state index in [-0.39, 0.29) is 0 Å². The van der Waals surface area contributed by atoms with E-state index in [2.05, 4.69) is 47.2 Å². The van der Waals surface area contributed by atoms with Gasteiger partial charge in [-0.05, 0) is 66.8 Å². The van der Waals surface area contributed by atoms with Crippen LogP contribution in [0.15, 0.2) is 66.9 Å². The summed E-state index contributed by atoms with van der Waals surface area (Å²) in [5.74, 6) is 0.501. The van der Waals surface area contributed by atoms with Crippen molar-refractivity contribution < 1.29 is 4.79 Å². The molecule has 2 atom stereocenters. The van der Waals surface area contributed by atoms with Crippen LogP contribution in [0.3, 0.4) is 0 Å². The predicted molar refractivity (Wildman–Crippen MR) is 131 cm³/mol. The molecular weight excluding hydrogens is 404 g/mol. The first kappa shape index (κ1) is 23.3. The van der Waals surface area contributed by atoms with Crippen molar-refractivity contribution >= 4 is 23.6 Å². The van der Waals surface area contributed by atoms with Crippen LogP contribution in [0.1, 0.15) is 54.4 Å². The van der Waals surface area contributed by atoms with Crippen LogP contribution in [0, 0.1) is 0 Å². The SMILES string of the molecule is C=C=CC(CC(CCCC)c1ccc(Cl)cc1)N1CCN(c2ccc(C=O)cc2)CC1. The second-order valence-corrected chi connectivity index (χ2v) is 8.73. The molecule has 31 heavy (non-hydrogen) atoms. The molecule has 2 aromatic rings. The molecule has 0 bridgehead atoms. The van der Waals surface area contributed by atoms with Gasteiger partial charge in [-0.1, -0.05) is 50.1 Å². The summed E-state index contributed by atoms with van der Waals surface area (Å²) in [5, 5.41) is 0.790. The Labute approximate surface area is 192 Å². The minimum Gasteiger partial charge on any atom is -0.369 e. The van der Waals surface area contributed by atoms with Crippen molar-refractivity contribution in [3.63, 3.8) is 0 Å². The number of unbranched alkanes of at least 4 members (excludes halogenated alkanes) is 1. The molecule has 0 amide bonds. The largest absolute Gasteiger partial charge is 0.369 e. The van der Waals surface area contributed by atoms with Crippen molar-refractivity contribution in [2.24, 2.45) is 0 Å². The molecule has 4 heteroatoms. The molecule has 1 fully saturated rings. The number of aldehydes is 1. The summed E-state index contributed by atoms with van der Waals surface area (Å²) in [4.78, 5) is 15.9. The minimum absolute atomic E-state index is 0.328. The normalized spacial score (nSPS) is 16.4. The molecule has 1 aliphatic heterocycles. The van der Waals surface area contributed by atoms with Gasteiger partial charge in [0, 0.05) is 48.5 Å². The van der Waals surface area contributed by atoms with Crippen LogP contribution in [0.2, 0.25) is 5.02 Å². The van der Waals surface area contributed by atoms with E-state index in [1.54, 1.807) is 0 Å². The standard InChI is InChI=1S/C27H33ClN2O/c1-3-5-7-24(23-10-12-25(28)13-11-23)20-27(6-4-2)30-18-16-29(17-19-30)26-14-8-22(21-31)9-15-26/h6,8-15,21,24,27H,2-3,5,7,16-20H2,1H3. The monoisotopic (exact) mass is 436 g/mol. The first-order valence-corrected chi connectivity index (χ1v) is 11.7. The number of hydrogen-bond acceptors (Lipinski definition) is 3. The summed E-state index contributed by atoms with van der Waals surface area (Å²) in [6.45, 7) is 10.1. The van der Waals surface area contributed by atoms with Crippen molar-refractivity contribution in [2.45, 2.75) is 44.6 Å². The molecule has 164 valence electrons. The number of nitrogens with zero attached hydrogens (tertiary/aromatic N) is 2. The summed E-state index contributed by atoms with van der Waals surface area (Å²) < 4.78 is 0. The van der Waals surface area contributed by atoms with Gasteiger partial charge < -0.3 is 4.90 Å². The van der Waals surface area contributed by atoms with Crippen LogP contribution in [0.5, 0.6) is 0 Å². The maximum Gasteiger partial charge on any atom is 0.150 e. The van der Waals surface area contributed by atoms with Crippen molar-refractivity contribution in [1.29, 1.82) is 0 Å². The summed E-state index contributed by atoms with van der Waals surface area (Å²) in [7, 11) is 0. The molecule has 1 aliphatic rings. The Morgan fingerprint density at radius 2 is 1.74 bits per heavy atom. The lowest BCUT2D eigenvalue weighted by Gasteiger charge is -2.40. The number of carbonyl (C=O) groups is 1. The highest BCUT2D eigenvalue weighted by atomic mass is 35.5. The number of carbonyl (C=O) groups excluding carboxylic acids is 1. The molecule has 0 saturated carbocycles. The Morgan fingerprint density at radius 1 is 1.06 bits per heavy atom. The Morgan fingerprint density at radius 3 is 2.32 bits per heavy atom. The fourth-order valence-electron chi connectivity index (χ4n) is 4.43. The summed E-state index contributed by atoms with van der Waals surface area (Å²) >= 11 is 6.12. The van der Waals surface area contributed by atoms with Crippen LogP contribution in [-0.2, 0) is 0 Å². The molecule has 3 rings (SSSR count). The second kappa shape index (κ2) is 11.9. The third-order valence-electron chi connectivity index (χ3n) is 6.26. The summed E-state index contributed by atoms with van der Waals surface area (Å²) in [6, 6.07) is 16.6. The van der Waals surface area contributed by atoms with Crippen LogP contribution in [-0.4, -0.2) is 43.4 Å². The first-order valence-electron chi connectivity index (χ1n) is 11.3. The molecule has 0 spiro atoms. The van der Waals surface area contributed by atoms with Crippen molar-refractivity contribution in [1.82, 2.24) is 4.90 Å². The van der Waals surface area contributed by atoms with Crippen LogP contribution < -0.4 is 4.90 Å². The number of hydrogen-bond donors (Lipinski definition) is 0. The minimum atomic E-state index is 0.328. The number of benzene rings is 2. The Bertz CT molecular complexity index is 863. The van der Waals surface area contributed by atoms with Crippen molar-refractivity contribution in [3.8, 4) is 0 Å². The van der Waals surface area contributed by atoms with E-state index in [4.69, 9.17) is 11.6 Å². The zero-order chi connectivity index (χ0) is 22.1. The number of anilines is 1. The average Bonchev–Trinajstić information content (AvgIpc) is 2.82. The zero-order valence-corrected chi connectivity index (χ0v) is 19.2. The van der Waals surface area contributed by atoms with Gasteiger partial charge in [0.2, 0.25) is 0 Å². The number of piperazine rings is 1. The number of rotatable bonds is 10. The van der Waals surface area contributed by atoms with E-state index in [0.717, 1.165) is 49.5 Å². The van der Waals surface area contributed by atoms with Gasteiger partial charge >= 0.3 is 0 Å². The fraction of sp³-hybridized carbons (Fsp3) is 0.407. The Hall–Kier alpha value is -2.32. The quantitative estimate of drug-likeness (QED) is 0.320. The first-order chi connectivity index (χ1) is 15.1. The number of halogens is 1. The highest BCUT2D eigenvalue weighted by molar-refractivity contribution is 6.30. The van der Waals surface area contributed by atoms with Gasteiger partial charge in [0.25, 0.3) is 0 Å². The van der Waals surface area contributed by atoms with Crippen molar-refractivity contribution in [3.05, 3.63) is 83.1 Å². The van der Waals surface area contributed by atoms with Gasteiger partial charge in [-0.15, -0.1) is 5.73 Å². The van der Waals surface area contributed by atoms with E-state index in [0.29, 0.717) is 12.0 Å². The summed E-state index contributed by atoms with van der Waals surface area (Å²) in [5.41, 5.74) is 6.33. The molecule has 2 unspecified atom stereocenters. The highest BCUT2D eigenvalue weighted by Gasteiger charge is 2.25. The third-order valence-corrected chi connectivity index (χ3v) is 6.51. The predicted octanol–water partition coefficient (Wildman–Crippen LogP) is 6.35. The molecule has 0 aliphatic carbocycles. The van der Waals surface area contributed by atoms with Crippen LogP contribution >= 0.6 is 11.6 Å². The van der Waals surface area contributed by atoms with E-state index >= 15 is 0 Å². The zero-order valence-electron chi connectivity index (χ0n) is 18.5. The molecule has 0 N–H and O–H groups in total. The van der Waals surface area contributed by atoms with Gasteiger partial charge in [0.1, 0.15) is 6.29 Å². The maximum absolute atomic E-state index is 10.9. The van der Waals surface area contributed by atoms with Gasteiger partial charge in [-0.3, -0.25) is 9.69 Å². The maximum atomic E-state index is 10.9. The summed E-state index contributed by atoms with van der Waals surface area (Å²) in [6.07, 6.45) is 7.71. The van der Waals surface area contributed by atoms with Gasteiger partial charge in [-0.2, -0.15) is 0 Å². The topological polar surface area (TPSA) is 23.6 Å². The van der Waals surface area contributed by atoms with Gasteiger partial charge in [0.15, 0.2) is 0 Å².